The Morgan fingerprint density at radius 1 is 1.38 bits per heavy atom. The van der Waals surface area contributed by atoms with Crippen LogP contribution in [0.4, 0.5) is 0 Å². The molecule has 0 bridgehead atoms. The van der Waals surface area contributed by atoms with Crippen LogP contribution in [0.3, 0.4) is 0 Å². The van der Waals surface area contributed by atoms with Crippen LogP contribution in [-0.4, -0.2) is 30.8 Å². The maximum Gasteiger partial charge on any atom is 0.271 e. The summed E-state index contributed by atoms with van der Waals surface area (Å²) in [6.45, 7) is 2.55. The predicted octanol–water partition coefficient (Wildman–Crippen LogP) is 3.30. The number of nitrogens with zero attached hydrogens (tertiary/aromatic N) is 2. The van der Waals surface area contributed by atoms with Crippen molar-refractivity contribution in [2.24, 2.45) is 5.10 Å². The summed E-state index contributed by atoms with van der Waals surface area (Å²) < 4.78 is 10.9. The standard InChI is InChI=1S/C17H18ClN3O3/c1-3-8-24-16-14(18)9-12(10-15(16)23-2)11-20-21-17(22)13-4-6-19-7-5-13/h4-7,9-11H,3,8H2,1-2H3,(H,21,22)/b20-11-. The van der Waals surface area contributed by atoms with Crippen LogP contribution in [-0.2, 0) is 0 Å². The lowest BCUT2D eigenvalue weighted by Crippen LogP contribution is -2.17. The second kappa shape index (κ2) is 8.88. The molecule has 2 rings (SSSR count). The zero-order chi connectivity index (χ0) is 17.4. The van der Waals surface area contributed by atoms with E-state index in [9.17, 15) is 4.79 Å². The van der Waals surface area contributed by atoms with Crippen molar-refractivity contribution in [3.63, 3.8) is 0 Å². The molecule has 0 aliphatic rings. The topological polar surface area (TPSA) is 72.8 Å². The highest BCUT2D eigenvalue weighted by Gasteiger charge is 2.11. The second-order valence-corrected chi connectivity index (χ2v) is 5.22. The molecule has 24 heavy (non-hydrogen) atoms. The molecule has 1 N–H and O–H groups in total. The fraction of sp³-hybridized carbons (Fsp3) is 0.235. The number of nitrogens with one attached hydrogen (secondary N) is 1. The van der Waals surface area contributed by atoms with Crippen molar-refractivity contribution in [1.29, 1.82) is 0 Å². The number of pyridine rings is 1. The molecule has 0 unspecified atom stereocenters. The molecule has 0 spiro atoms. The number of hydrogen-bond donors (Lipinski definition) is 1. The maximum absolute atomic E-state index is 11.9. The van der Waals surface area contributed by atoms with Gasteiger partial charge in [-0.15, -0.1) is 0 Å². The number of rotatable bonds is 7. The number of ether oxygens (including phenoxy) is 2. The molecular formula is C17H18ClN3O3. The Hall–Kier alpha value is -2.60. The van der Waals surface area contributed by atoms with Crippen molar-refractivity contribution in [3.8, 4) is 11.5 Å². The summed E-state index contributed by atoms with van der Waals surface area (Å²) >= 11 is 6.23. The minimum absolute atomic E-state index is 0.324. The Labute approximate surface area is 145 Å². The van der Waals surface area contributed by atoms with Gasteiger partial charge in [-0.2, -0.15) is 5.10 Å². The van der Waals surface area contributed by atoms with Crippen LogP contribution < -0.4 is 14.9 Å². The van der Waals surface area contributed by atoms with E-state index in [1.54, 1.807) is 24.3 Å². The van der Waals surface area contributed by atoms with Gasteiger partial charge in [0.25, 0.3) is 5.91 Å². The van der Waals surface area contributed by atoms with Crippen molar-refractivity contribution in [2.75, 3.05) is 13.7 Å². The molecule has 1 heterocycles. The van der Waals surface area contributed by atoms with Crippen molar-refractivity contribution in [2.45, 2.75) is 13.3 Å². The van der Waals surface area contributed by atoms with Gasteiger partial charge >= 0.3 is 0 Å². The van der Waals surface area contributed by atoms with Crippen LogP contribution in [0, 0.1) is 0 Å². The van der Waals surface area contributed by atoms with Gasteiger partial charge in [0.15, 0.2) is 11.5 Å². The molecule has 1 aromatic heterocycles. The number of benzene rings is 1. The number of halogens is 1. The summed E-state index contributed by atoms with van der Waals surface area (Å²) in [7, 11) is 1.54. The number of hydrogen-bond acceptors (Lipinski definition) is 5. The van der Waals surface area contributed by atoms with Crippen LogP contribution in [0.5, 0.6) is 11.5 Å². The Morgan fingerprint density at radius 3 is 2.79 bits per heavy atom. The zero-order valence-corrected chi connectivity index (χ0v) is 14.2. The van der Waals surface area contributed by atoms with Gasteiger partial charge in [0.2, 0.25) is 0 Å². The van der Waals surface area contributed by atoms with E-state index in [1.165, 1.54) is 25.7 Å². The molecule has 0 radical (unpaired) electrons. The molecule has 1 aromatic carbocycles. The monoisotopic (exact) mass is 347 g/mol. The van der Waals surface area contributed by atoms with Crippen molar-refractivity contribution in [3.05, 3.63) is 52.8 Å². The number of carbonyl (C=O) groups is 1. The number of amides is 1. The average Bonchev–Trinajstić information content (AvgIpc) is 2.61. The lowest BCUT2D eigenvalue weighted by molar-refractivity contribution is 0.0955. The zero-order valence-electron chi connectivity index (χ0n) is 13.5. The number of methoxy groups -OCH3 is 1. The summed E-state index contributed by atoms with van der Waals surface area (Å²) in [5, 5.41) is 4.35. The third-order valence-electron chi connectivity index (χ3n) is 3.02. The van der Waals surface area contributed by atoms with E-state index in [1.807, 2.05) is 6.92 Å². The van der Waals surface area contributed by atoms with Crippen molar-refractivity contribution < 1.29 is 14.3 Å². The minimum Gasteiger partial charge on any atom is -0.493 e. The summed E-state index contributed by atoms with van der Waals surface area (Å²) in [6.07, 6.45) is 5.43. The first-order valence-electron chi connectivity index (χ1n) is 7.39. The van der Waals surface area contributed by atoms with Gasteiger partial charge in [0, 0.05) is 18.0 Å². The molecule has 0 saturated carbocycles. The van der Waals surface area contributed by atoms with Crippen LogP contribution in [0.2, 0.25) is 5.02 Å². The van der Waals surface area contributed by atoms with Gasteiger partial charge in [-0.1, -0.05) is 18.5 Å². The van der Waals surface area contributed by atoms with Gasteiger partial charge < -0.3 is 9.47 Å². The number of hydrazone groups is 1. The summed E-state index contributed by atoms with van der Waals surface area (Å²) in [4.78, 5) is 15.7. The molecule has 126 valence electrons. The van der Waals surface area contributed by atoms with E-state index < -0.39 is 0 Å². The Bertz CT molecular complexity index is 721. The van der Waals surface area contributed by atoms with E-state index in [4.69, 9.17) is 21.1 Å². The number of aromatic nitrogens is 1. The molecule has 0 aliphatic heterocycles. The van der Waals surface area contributed by atoms with E-state index in [2.05, 4.69) is 15.5 Å². The van der Waals surface area contributed by atoms with Crippen LogP contribution >= 0.6 is 11.6 Å². The van der Waals surface area contributed by atoms with Crippen molar-refractivity contribution in [1.82, 2.24) is 10.4 Å². The summed E-state index contributed by atoms with van der Waals surface area (Å²) in [5.74, 6) is 0.687. The number of carbonyl (C=O) groups excluding carboxylic acids is 1. The molecule has 1 amide bonds. The van der Waals surface area contributed by atoms with Crippen molar-refractivity contribution >= 4 is 23.7 Å². The third-order valence-corrected chi connectivity index (χ3v) is 3.31. The highest BCUT2D eigenvalue weighted by Crippen LogP contribution is 2.36. The lowest BCUT2D eigenvalue weighted by Gasteiger charge is -2.12. The predicted molar refractivity (Wildman–Crippen MR) is 93.1 cm³/mol. The highest BCUT2D eigenvalue weighted by molar-refractivity contribution is 6.32. The average molecular weight is 348 g/mol. The van der Waals surface area contributed by atoms with Gasteiger partial charge in [0.05, 0.1) is 25.0 Å². The molecule has 6 nitrogen and oxygen atoms in total. The molecule has 0 atom stereocenters. The first-order chi connectivity index (χ1) is 11.7. The van der Waals surface area contributed by atoms with E-state index in [-0.39, 0.29) is 5.91 Å². The van der Waals surface area contributed by atoms with Gasteiger partial charge in [-0.25, -0.2) is 5.43 Å². The normalized spacial score (nSPS) is 10.6. The molecular weight excluding hydrogens is 330 g/mol. The second-order valence-electron chi connectivity index (χ2n) is 4.82. The van der Waals surface area contributed by atoms with Gasteiger partial charge in [-0.05, 0) is 36.2 Å². The van der Waals surface area contributed by atoms with E-state index in [0.29, 0.717) is 34.3 Å². The molecule has 0 fully saturated rings. The van der Waals surface area contributed by atoms with Crippen LogP contribution in [0.1, 0.15) is 29.3 Å². The molecule has 0 saturated heterocycles. The third kappa shape index (κ3) is 4.70. The fourth-order valence-electron chi connectivity index (χ4n) is 1.89. The Kier molecular flexibility index (Phi) is 6.57. The van der Waals surface area contributed by atoms with E-state index in [0.717, 1.165) is 6.42 Å². The smallest absolute Gasteiger partial charge is 0.271 e. The highest BCUT2D eigenvalue weighted by atomic mass is 35.5. The van der Waals surface area contributed by atoms with E-state index >= 15 is 0 Å². The quantitative estimate of drug-likeness (QED) is 0.616. The molecule has 7 heteroatoms. The summed E-state index contributed by atoms with van der Waals surface area (Å²) in [6, 6.07) is 6.63. The summed E-state index contributed by atoms with van der Waals surface area (Å²) in [5.41, 5.74) is 3.59. The lowest BCUT2D eigenvalue weighted by atomic mass is 10.2. The fourth-order valence-corrected chi connectivity index (χ4v) is 2.17. The Morgan fingerprint density at radius 2 is 2.12 bits per heavy atom. The minimum atomic E-state index is -0.324. The first kappa shape index (κ1) is 17.7. The molecule has 2 aromatic rings. The largest absolute Gasteiger partial charge is 0.493 e. The first-order valence-corrected chi connectivity index (χ1v) is 7.77. The van der Waals surface area contributed by atoms with Gasteiger partial charge in [-0.3, -0.25) is 9.78 Å². The van der Waals surface area contributed by atoms with Crippen LogP contribution in [0.15, 0.2) is 41.8 Å². The van der Waals surface area contributed by atoms with Crippen LogP contribution in [0.25, 0.3) is 0 Å². The SMILES string of the molecule is CCCOc1c(Cl)cc(/C=N\NC(=O)c2ccncc2)cc1OC. The maximum atomic E-state index is 11.9. The van der Waals surface area contributed by atoms with Gasteiger partial charge in [0.1, 0.15) is 0 Å². The Balaban J connectivity index is 2.09. The molecule has 0 aliphatic carbocycles.